The van der Waals surface area contributed by atoms with E-state index < -0.39 is 0 Å². The second kappa shape index (κ2) is 66.3. The standard InChI is InChI=1S/C6H6.4C2H6.I3/c1-2-4-6-5-3-1;4*1-2;1-3-2/h1-6H;4*1-2H3;/q;;;;;-1. The molecule has 0 saturated carbocycles. The first-order chi connectivity index (χ1) is 8.41. The summed E-state index contributed by atoms with van der Waals surface area (Å²) in [6, 6.07) is 12.0. The molecule has 1 aromatic carbocycles. The maximum absolute atomic E-state index is 2.39. The molecule has 0 bridgehead atoms. The minimum atomic E-state index is 0.530. The van der Waals surface area contributed by atoms with Crippen LogP contribution in [0.1, 0.15) is 55.4 Å². The van der Waals surface area contributed by atoms with Crippen LogP contribution in [0.3, 0.4) is 0 Å². The van der Waals surface area contributed by atoms with Gasteiger partial charge in [-0.25, -0.2) is 0 Å². The van der Waals surface area contributed by atoms with Crippen LogP contribution in [0, 0.1) is 0 Å². The maximum atomic E-state index is 2.39. The summed E-state index contributed by atoms with van der Waals surface area (Å²) >= 11 is 5.30. The van der Waals surface area contributed by atoms with Gasteiger partial charge in [-0.3, -0.25) is 0 Å². The number of hydrogen-bond acceptors (Lipinski definition) is 0. The van der Waals surface area contributed by atoms with E-state index in [0.717, 1.165) is 0 Å². The average molecular weight is 579 g/mol. The van der Waals surface area contributed by atoms with Crippen molar-refractivity contribution in [2.75, 3.05) is 0 Å². The third kappa shape index (κ3) is 75.3. The van der Waals surface area contributed by atoms with Gasteiger partial charge in [-0.2, -0.15) is 0 Å². The second-order valence-electron chi connectivity index (χ2n) is 1.21. The Morgan fingerprint density at radius 2 is 0.529 bits per heavy atom. The van der Waals surface area contributed by atoms with Crippen molar-refractivity contribution < 1.29 is 13.3 Å². The van der Waals surface area contributed by atoms with Gasteiger partial charge in [-0.05, 0) is 0 Å². The van der Waals surface area contributed by atoms with Crippen molar-refractivity contribution >= 4 is 37.2 Å². The zero-order chi connectivity index (χ0) is 14.9. The van der Waals surface area contributed by atoms with E-state index in [0.29, 0.717) is 13.3 Å². The van der Waals surface area contributed by atoms with Crippen molar-refractivity contribution in [2.24, 2.45) is 0 Å². The molecule has 3 heteroatoms. The van der Waals surface area contributed by atoms with Crippen LogP contribution < -0.4 is 13.3 Å². The Kier molecular flexibility index (Phi) is 121. The van der Waals surface area contributed by atoms with Crippen LogP contribution in [-0.2, 0) is 0 Å². The fourth-order valence-corrected chi connectivity index (χ4v) is 0.385. The number of hydrogen-bond donors (Lipinski definition) is 0. The van der Waals surface area contributed by atoms with Crippen molar-refractivity contribution in [1.82, 2.24) is 0 Å². The SMILES string of the molecule is CC.CC.CC.CC.I[I-]I.c1ccccc1. The van der Waals surface area contributed by atoms with E-state index in [1.165, 1.54) is 0 Å². The summed E-state index contributed by atoms with van der Waals surface area (Å²) in [5, 5.41) is 0. The van der Waals surface area contributed by atoms with E-state index in [4.69, 9.17) is 0 Å². The molecule has 1 aromatic rings. The molecular weight excluding hydrogens is 549 g/mol. The quantitative estimate of drug-likeness (QED) is 0.396. The molecular formula is C14H30I3-. The summed E-state index contributed by atoms with van der Waals surface area (Å²) in [4.78, 5) is 0. The smallest absolute Gasteiger partial charge is 0.0623 e. The predicted molar refractivity (Wildman–Crippen MR) is 99.9 cm³/mol. The van der Waals surface area contributed by atoms with E-state index in [2.05, 4.69) is 37.2 Å². The summed E-state index contributed by atoms with van der Waals surface area (Å²) in [6.45, 7) is 16.0. The molecule has 0 saturated heterocycles. The van der Waals surface area contributed by atoms with Crippen molar-refractivity contribution in [3.05, 3.63) is 36.4 Å². The van der Waals surface area contributed by atoms with Crippen LogP contribution in [-0.4, -0.2) is 0 Å². The van der Waals surface area contributed by atoms with Crippen LogP contribution in [0.5, 0.6) is 0 Å². The van der Waals surface area contributed by atoms with Crippen LogP contribution in [0.25, 0.3) is 0 Å². The zero-order valence-corrected chi connectivity index (χ0v) is 19.1. The van der Waals surface area contributed by atoms with Gasteiger partial charge < -0.3 is 0 Å². The minimum absolute atomic E-state index is 0.530. The molecule has 17 heavy (non-hydrogen) atoms. The molecule has 0 N–H and O–H groups in total. The van der Waals surface area contributed by atoms with Gasteiger partial charge >= 0.3 is 50.5 Å². The molecule has 0 amide bonds. The molecule has 0 atom stereocenters. The minimum Gasteiger partial charge on any atom is -0.0623 e. The fraction of sp³-hybridized carbons (Fsp3) is 0.571. The third-order valence-corrected chi connectivity index (χ3v) is 0.667. The molecule has 0 aliphatic rings. The summed E-state index contributed by atoms with van der Waals surface area (Å²) in [6.07, 6.45) is 0. The summed E-state index contributed by atoms with van der Waals surface area (Å²) in [5.41, 5.74) is 0. The third-order valence-electron chi connectivity index (χ3n) is 0.667. The van der Waals surface area contributed by atoms with Crippen LogP contribution in [0.15, 0.2) is 36.4 Å². The topological polar surface area (TPSA) is 0 Å². The van der Waals surface area contributed by atoms with Gasteiger partial charge in [-0.15, -0.1) is 0 Å². The first-order valence-electron chi connectivity index (χ1n) is 6.29. The molecule has 0 radical (unpaired) electrons. The number of benzene rings is 1. The van der Waals surface area contributed by atoms with Crippen molar-refractivity contribution in [3.63, 3.8) is 0 Å². The van der Waals surface area contributed by atoms with Gasteiger partial charge in [0, 0.05) is 0 Å². The second-order valence-corrected chi connectivity index (χ2v) is 17.5. The first kappa shape index (κ1) is 31.0. The Bertz CT molecular complexity index is 94.3. The van der Waals surface area contributed by atoms with Crippen LogP contribution in [0.4, 0.5) is 0 Å². The Morgan fingerprint density at radius 3 is 0.588 bits per heavy atom. The number of halogens is 3. The Hall–Kier alpha value is 1.41. The maximum Gasteiger partial charge on any atom is -0.0623 e. The average Bonchev–Trinajstić information content (AvgIpc) is 2.50. The Balaban J connectivity index is -0.0000000382. The largest absolute Gasteiger partial charge is 0.0623 e. The summed E-state index contributed by atoms with van der Waals surface area (Å²) in [7, 11) is 0. The van der Waals surface area contributed by atoms with Crippen LogP contribution >= 0.6 is 37.2 Å². The molecule has 0 aliphatic heterocycles. The molecule has 0 aliphatic carbocycles. The zero-order valence-electron chi connectivity index (χ0n) is 12.6. The van der Waals surface area contributed by atoms with Crippen molar-refractivity contribution in [3.8, 4) is 0 Å². The molecule has 0 heterocycles. The number of rotatable bonds is 0. The predicted octanol–water partition coefficient (Wildman–Crippen LogP) is 4.57. The molecule has 0 nitrogen and oxygen atoms in total. The van der Waals surface area contributed by atoms with Gasteiger partial charge in [0.2, 0.25) is 0 Å². The van der Waals surface area contributed by atoms with Gasteiger partial charge in [0.25, 0.3) is 0 Å². The van der Waals surface area contributed by atoms with Crippen LogP contribution in [0.2, 0.25) is 0 Å². The first-order valence-corrected chi connectivity index (χ1v) is 18.9. The van der Waals surface area contributed by atoms with E-state index in [1.54, 1.807) is 0 Å². The summed E-state index contributed by atoms with van der Waals surface area (Å²) in [5.74, 6) is 0. The van der Waals surface area contributed by atoms with E-state index in [9.17, 15) is 0 Å². The summed E-state index contributed by atoms with van der Waals surface area (Å²) < 4.78 is 0. The fourth-order valence-electron chi connectivity index (χ4n) is 0.385. The normalized spacial score (nSPS) is 5.53. The van der Waals surface area contributed by atoms with E-state index >= 15 is 0 Å². The van der Waals surface area contributed by atoms with E-state index in [-0.39, 0.29) is 0 Å². The molecule has 0 aromatic heterocycles. The molecule has 108 valence electrons. The molecule has 1 rings (SSSR count). The molecule has 0 unspecified atom stereocenters. The van der Waals surface area contributed by atoms with Gasteiger partial charge in [0.1, 0.15) is 0 Å². The Morgan fingerprint density at radius 1 is 0.471 bits per heavy atom. The Labute approximate surface area is 140 Å². The van der Waals surface area contributed by atoms with Gasteiger partial charge in [-0.1, -0.05) is 91.8 Å². The monoisotopic (exact) mass is 579 g/mol. The van der Waals surface area contributed by atoms with E-state index in [1.807, 2.05) is 91.8 Å². The van der Waals surface area contributed by atoms with Crippen molar-refractivity contribution in [2.45, 2.75) is 55.4 Å². The van der Waals surface area contributed by atoms with Gasteiger partial charge in [0.05, 0.1) is 0 Å². The van der Waals surface area contributed by atoms with Crippen molar-refractivity contribution in [1.29, 1.82) is 0 Å². The molecule has 0 spiro atoms. The van der Waals surface area contributed by atoms with Gasteiger partial charge in [0.15, 0.2) is 0 Å². The molecule has 0 fully saturated rings.